The molecule has 0 aliphatic heterocycles. The molecule has 0 amide bonds. The lowest BCUT2D eigenvalue weighted by Crippen LogP contribution is -2.13. The van der Waals surface area contributed by atoms with Crippen molar-refractivity contribution in [2.45, 2.75) is 13.8 Å². The van der Waals surface area contributed by atoms with E-state index in [1.165, 1.54) is 6.34 Å². The van der Waals surface area contributed by atoms with Gasteiger partial charge in [0.05, 0.1) is 13.2 Å². The van der Waals surface area contributed by atoms with Crippen LogP contribution in [0.15, 0.2) is 4.99 Å². The summed E-state index contributed by atoms with van der Waals surface area (Å²) in [5, 5.41) is 0. The van der Waals surface area contributed by atoms with Crippen LogP contribution in [0.5, 0.6) is 0 Å². The fourth-order valence-corrected chi connectivity index (χ4v) is 1.54. The Hall–Kier alpha value is -0.420. The number of phosphoric acid groups is 1. The third kappa shape index (κ3) is 5.76. The zero-order valence-electron chi connectivity index (χ0n) is 8.02. The Balaban J connectivity index is 3.99. The fraction of sp³-hybridized carbons (Fsp3) is 0.833. The molecule has 0 spiro atoms. The fourth-order valence-electron chi connectivity index (χ4n) is 0.547. The Labute approximate surface area is 77.9 Å². The van der Waals surface area contributed by atoms with Crippen LogP contribution in [0.3, 0.4) is 0 Å². The van der Waals surface area contributed by atoms with Gasteiger partial charge in [0.2, 0.25) is 0 Å². The first-order valence-corrected chi connectivity index (χ1v) is 5.38. The highest BCUT2D eigenvalue weighted by molar-refractivity contribution is 7.48. The van der Waals surface area contributed by atoms with Gasteiger partial charge in [-0.3, -0.25) is 14.0 Å². The number of rotatable bonds is 7. The predicted molar refractivity (Wildman–Crippen MR) is 49.5 cm³/mol. The van der Waals surface area contributed by atoms with E-state index in [2.05, 4.69) is 15.1 Å². The lowest BCUT2D eigenvalue weighted by atomic mass is 10.9. The lowest BCUT2D eigenvalue weighted by Gasteiger charge is -2.14. The number of aliphatic imine (C=N–C) groups is 1. The molecule has 0 aromatic rings. The highest BCUT2D eigenvalue weighted by atomic mass is 31.2. The molecule has 0 rings (SSSR count). The second-order valence-electron chi connectivity index (χ2n) is 1.88. The quantitative estimate of drug-likeness (QED) is 0.297. The van der Waals surface area contributed by atoms with Gasteiger partial charge in [-0.25, -0.2) is 10.0 Å². The van der Waals surface area contributed by atoms with E-state index in [1.807, 2.05) is 0 Å². The van der Waals surface area contributed by atoms with Gasteiger partial charge in [0.25, 0.3) is 0 Å². The normalized spacial score (nSPS) is 12.2. The summed E-state index contributed by atoms with van der Waals surface area (Å²) in [6.45, 7) is 3.90. The highest BCUT2D eigenvalue weighted by Gasteiger charge is 2.25. The van der Waals surface area contributed by atoms with E-state index in [-0.39, 0.29) is 13.2 Å². The van der Waals surface area contributed by atoms with E-state index in [4.69, 9.17) is 9.05 Å². The minimum Gasteiger partial charge on any atom is -0.286 e. The summed E-state index contributed by atoms with van der Waals surface area (Å²) >= 11 is 0. The monoisotopic (exact) mass is 210 g/mol. The van der Waals surface area contributed by atoms with Gasteiger partial charge in [0, 0.05) is 7.05 Å². The number of hydroxylamine groups is 1. The van der Waals surface area contributed by atoms with Crippen molar-refractivity contribution in [3.8, 4) is 0 Å². The largest absolute Gasteiger partial charge is 0.496 e. The van der Waals surface area contributed by atoms with Gasteiger partial charge in [-0.05, 0) is 13.8 Å². The number of nitrogens with one attached hydrogen (secondary N) is 1. The Kier molecular flexibility index (Phi) is 6.80. The molecule has 0 aromatic carbocycles. The second kappa shape index (κ2) is 7.03. The van der Waals surface area contributed by atoms with Crippen molar-refractivity contribution >= 4 is 14.2 Å². The summed E-state index contributed by atoms with van der Waals surface area (Å²) in [5.41, 5.74) is 2.24. The average molecular weight is 210 g/mol. The summed E-state index contributed by atoms with van der Waals surface area (Å²) in [4.78, 5) is 3.57. The first kappa shape index (κ1) is 12.6. The van der Waals surface area contributed by atoms with Crippen molar-refractivity contribution in [1.82, 2.24) is 5.48 Å². The topological polar surface area (TPSA) is 69.2 Å². The third-order valence-electron chi connectivity index (χ3n) is 0.921. The first-order valence-electron chi connectivity index (χ1n) is 3.92. The van der Waals surface area contributed by atoms with Gasteiger partial charge in [-0.1, -0.05) is 0 Å². The molecule has 6 nitrogen and oxygen atoms in total. The number of hydrogen-bond acceptors (Lipinski definition) is 5. The Bertz CT molecular complexity index is 187. The minimum absolute atomic E-state index is 0.252. The zero-order chi connectivity index (χ0) is 10.2. The van der Waals surface area contributed by atoms with Crippen molar-refractivity contribution < 1.29 is 18.2 Å². The molecule has 7 heteroatoms. The SMILES string of the molecule is CCOP(=O)(OCC)ONC=NC. The molecule has 0 radical (unpaired) electrons. The Morgan fingerprint density at radius 2 is 1.92 bits per heavy atom. The Morgan fingerprint density at radius 1 is 1.38 bits per heavy atom. The van der Waals surface area contributed by atoms with E-state index in [9.17, 15) is 4.57 Å². The summed E-state index contributed by atoms with van der Waals surface area (Å²) in [7, 11) is -1.91. The maximum absolute atomic E-state index is 11.5. The van der Waals surface area contributed by atoms with E-state index in [1.54, 1.807) is 20.9 Å². The van der Waals surface area contributed by atoms with Crippen molar-refractivity contribution in [3.05, 3.63) is 0 Å². The maximum atomic E-state index is 11.5. The number of phosphoric ester groups is 1. The molecular weight excluding hydrogens is 195 g/mol. The van der Waals surface area contributed by atoms with Crippen molar-refractivity contribution in [2.24, 2.45) is 4.99 Å². The first-order chi connectivity index (χ1) is 6.18. The van der Waals surface area contributed by atoms with Gasteiger partial charge in [-0.15, -0.1) is 0 Å². The van der Waals surface area contributed by atoms with Crippen LogP contribution in [0, 0.1) is 0 Å². The zero-order valence-corrected chi connectivity index (χ0v) is 8.91. The molecule has 0 bridgehead atoms. The summed E-state index contributed by atoms with van der Waals surface area (Å²) < 4.78 is 25.8. The van der Waals surface area contributed by atoms with Crippen LogP contribution in [-0.2, 0) is 18.2 Å². The van der Waals surface area contributed by atoms with Crippen molar-refractivity contribution in [3.63, 3.8) is 0 Å². The maximum Gasteiger partial charge on any atom is 0.496 e. The second-order valence-corrected chi connectivity index (χ2v) is 3.47. The lowest BCUT2D eigenvalue weighted by molar-refractivity contribution is 0.102. The molecule has 0 saturated carbocycles. The molecule has 78 valence electrons. The Morgan fingerprint density at radius 3 is 2.31 bits per heavy atom. The molecule has 0 unspecified atom stereocenters. The van der Waals surface area contributed by atoms with Gasteiger partial charge in [0.1, 0.15) is 6.34 Å². The van der Waals surface area contributed by atoms with Gasteiger partial charge in [0.15, 0.2) is 0 Å². The van der Waals surface area contributed by atoms with Crippen LogP contribution in [0.1, 0.15) is 13.8 Å². The molecule has 0 fully saturated rings. The van der Waals surface area contributed by atoms with E-state index >= 15 is 0 Å². The summed E-state index contributed by atoms with van der Waals surface area (Å²) in [5.74, 6) is 0. The molecular formula is C6H15N2O4P. The summed E-state index contributed by atoms with van der Waals surface area (Å²) in [6, 6.07) is 0. The molecule has 0 heterocycles. The molecule has 0 aromatic heterocycles. The van der Waals surface area contributed by atoms with Gasteiger partial charge < -0.3 is 0 Å². The molecule has 13 heavy (non-hydrogen) atoms. The number of nitrogens with zero attached hydrogens (tertiary/aromatic N) is 1. The van der Waals surface area contributed by atoms with Crippen LogP contribution < -0.4 is 5.48 Å². The average Bonchev–Trinajstić information content (AvgIpc) is 2.05. The molecule has 0 aliphatic rings. The highest BCUT2D eigenvalue weighted by Crippen LogP contribution is 2.47. The molecule has 0 saturated heterocycles. The van der Waals surface area contributed by atoms with Crippen LogP contribution >= 0.6 is 7.82 Å². The van der Waals surface area contributed by atoms with E-state index in [0.717, 1.165) is 0 Å². The standard InChI is InChI=1S/C6H15N2O4P/c1-4-10-13(9,11-5-2)12-8-6-7-3/h6H,4-5H2,1-3H3,(H,7,8). The predicted octanol–water partition coefficient (Wildman–Crippen LogP) is 1.35. The van der Waals surface area contributed by atoms with Gasteiger partial charge in [-0.2, -0.15) is 4.62 Å². The molecule has 0 atom stereocenters. The van der Waals surface area contributed by atoms with Crippen LogP contribution in [0.25, 0.3) is 0 Å². The number of hydrogen-bond donors (Lipinski definition) is 1. The minimum atomic E-state index is -3.45. The van der Waals surface area contributed by atoms with Gasteiger partial charge >= 0.3 is 7.82 Å². The molecule has 0 aliphatic carbocycles. The smallest absolute Gasteiger partial charge is 0.286 e. The molecule has 1 N–H and O–H groups in total. The van der Waals surface area contributed by atoms with Crippen LogP contribution in [-0.4, -0.2) is 26.6 Å². The van der Waals surface area contributed by atoms with E-state index in [0.29, 0.717) is 0 Å². The van der Waals surface area contributed by atoms with Crippen molar-refractivity contribution in [2.75, 3.05) is 20.3 Å². The van der Waals surface area contributed by atoms with Crippen LogP contribution in [0.4, 0.5) is 0 Å². The van der Waals surface area contributed by atoms with Crippen molar-refractivity contribution in [1.29, 1.82) is 0 Å². The van der Waals surface area contributed by atoms with E-state index < -0.39 is 7.82 Å². The third-order valence-corrected chi connectivity index (χ3v) is 2.40. The summed E-state index contributed by atoms with van der Waals surface area (Å²) in [6.07, 6.45) is 1.24. The van der Waals surface area contributed by atoms with Crippen LogP contribution in [0.2, 0.25) is 0 Å².